The van der Waals surface area contributed by atoms with Crippen LogP contribution in [-0.4, -0.2) is 28.1 Å². The van der Waals surface area contributed by atoms with E-state index in [1.54, 1.807) is 0 Å². The van der Waals surface area contributed by atoms with Crippen molar-refractivity contribution in [3.63, 3.8) is 0 Å². The fraction of sp³-hybridized carbons (Fsp3) is 1.00. The molecule has 0 unspecified atom stereocenters. The van der Waals surface area contributed by atoms with Crippen LogP contribution in [0.15, 0.2) is 0 Å². The van der Waals surface area contributed by atoms with E-state index >= 15 is 0 Å². The van der Waals surface area contributed by atoms with Gasteiger partial charge in [-0.3, -0.25) is 0 Å². The lowest BCUT2D eigenvalue weighted by molar-refractivity contribution is -0.179. The van der Waals surface area contributed by atoms with Crippen LogP contribution in [0, 0.1) is 0 Å². The lowest BCUT2D eigenvalue weighted by Crippen LogP contribution is -2.41. The van der Waals surface area contributed by atoms with Gasteiger partial charge in [0.1, 0.15) is 5.41 Å². The Labute approximate surface area is 117 Å². The molecule has 0 aliphatic carbocycles. The first-order valence-electron chi connectivity index (χ1n) is 8.02. The molecule has 0 rings (SSSR count). The summed E-state index contributed by atoms with van der Waals surface area (Å²) in [5, 5.41) is 0. The Bertz CT molecular complexity index is 168. The molecule has 0 spiro atoms. The maximum absolute atomic E-state index is 5.90. The predicted octanol–water partition coefficient (Wildman–Crippen LogP) is 4.07. The van der Waals surface area contributed by atoms with Crippen LogP contribution in [0.1, 0.15) is 72.1 Å². The molecule has 0 saturated carbocycles. The van der Waals surface area contributed by atoms with E-state index in [1.807, 2.05) is 0 Å². The maximum atomic E-state index is 5.90. The van der Waals surface area contributed by atoms with Gasteiger partial charge in [-0.25, -0.2) is 0 Å². The fourth-order valence-electron chi connectivity index (χ4n) is 2.44. The second-order valence-corrected chi connectivity index (χ2v) is 6.79. The number of unbranched alkanes of at least 4 members (excludes halogenated alkanes) is 6. The van der Waals surface area contributed by atoms with E-state index in [1.165, 1.54) is 44.9 Å². The summed E-state index contributed by atoms with van der Waals surface area (Å²) in [5.74, 6) is 0. The Morgan fingerprint density at radius 1 is 0.778 bits per heavy atom. The molecule has 0 fully saturated rings. The lowest BCUT2D eigenvalue weighted by atomic mass is 10.1. The molecule has 18 heavy (non-hydrogen) atoms. The van der Waals surface area contributed by atoms with Crippen LogP contribution in [-0.2, 0) is 9.47 Å². The van der Waals surface area contributed by atoms with Crippen LogP contribution in [0.4, 0.5) is 0 Å². The summed E-state index contributed by atoms with van der Waals surface area (Å²) in [7, 11) is -0.293. The Kier molecular flexibility index (Phi) is 12.3. The highest BCUT2D eigenvalue weighted by atomic mass is 28.2. The molecule has 0 saturated heterocycles. The van der Waals surface area contributed by atoms with Crippen LogP contribution < -0.4 is 0 Å². The lowest BCUT2D eigenvalue weighted by Gasteiger charge is -2.32. The third-order valence-corrected chi connectivity index (χ3v) is 5.35. The quantitative estimate of drug-likeness (QED) is 0.286. The van der Waals surface area contributed by atoms with Crippen molar-refractivity contribution in [1.29, 1.82) is 0 Å². The van der Waals surface area contributed by atoms with Crippen LogP contribution in [0.3, 0.4) is 0 Å². The van der Waals surface area contributed by atoms with Gasteiger partial charge in [-0.2, -0.15) is 0 Å². The molecular formula is C15H34O2Si. The topological polar surface area (TPSA) is 18.5 Å². The van der Waals surface area contributed by atoms with E-state index in [9.17, 15) is 0 Å². The van der Waals surface area contributed by atoms with Gasteiger partial charge in [0.2, 0.25) is 0 Å². The molecule has 0 bridgehead atoms. The minimum Gasteiger partial charge on any atom is -0.355 e. The van der Waals surface area contributed by atoms with Crippen molar-refractivity contribution in [2.24, 2.45) is 0 Å². The normalized spacial score (nSPS) is 12.7. The molecule has 110 valence electrons. The highest BCUT2D eigenvalue weighted by molar-refractivity contribution is 6.37. The standard InChI is InChI=1S/C15H34O2Si/c1-5-8-9-10-11-12-13-14-15(18-4,16-6-2)17-7-3/h5-14,18H2,1-4H3. The minimum absolute atomic E-state index is 0.174. The summed E-state index contributed by atoms with van der Waals surface area (Å²) < 4.78 is 11.8. The van der Waals surface area contributed by atoms with Gasteiger partial charge in [-0.1, -0.05) is 52.0 Å². The van der Waals surface area contributed by atoms with Gasteiger partial charge in [0.05, 0.1) is 9.52 Å². The molecular weight excluding hydrogens is 240 g/mol. The summed E-state index contributed by atoms with van der Waals surface area (Å²) >= 11 is 0. The number of hydrogen-bond donors (Lipinski definition) is 0. The van der Waals surface area contributed by atoms with Crippen LogP contribution in [0.2, 0.25) is 6.55 Å². The van der Waals surface area contributed by atoms with Crippen LogP contribution in [0.5, 0.6) is 0 Å². The molecule has 2 nitrogen and oxygen atoms in total. The number of hydrogen-bond acceptors (Lipinski definition) is 2. The molecule has 3 heteroatoms. The molecule has 0 aliphatic heterocycles. The van der Waals surface area contributed by atoms with Gasteiger partial charge in [0, 0.05) is 13.2 Å². The minimum atomic E-state index is -0.293. The van der Waals surface area contributed by atoms with Gasteiger partial charge < -0.3 is 9.47 Å². The molecule has 0 aromatic carbocycles. The second kappa shape index (κ2) is 12.2. The molecule has 0 aromatic rings. The van der Waals surface area contributed by atoms with Crippen molar-refractivity contribution < 1.29 is 9.47 Å². The van der Waals surface area contributed by atoms with Crippen LogP contribution >= 0.6 is 0 Å². The van der Waals surface area contributed by atoms with Crippen molar-refractivity contribution >= 4 is 9.52 Å². The highest BCUT2D eigenvalue weighted by Gasteiger charge is 2.28. The summed E-state index contributed by atoms with van der Waals surface area (Å²) in [6.45, 7) is 10.3. The average Bonchev–Trinajstić information content (AvgIpc) is 2.38. The van der Waals surface area contributed by atoms with E-state index in [0.717, 1.165) is 19.6 Å². The highest BCUT2D eigenvalue weighted by Crippen LogP contribution is 2.21. The van der Waals surface area contributed by atoms with Gasteiger partial charge in [0.25, 0.3) is 0 Å². The molecule has 0 atom stereocenters. The summed E-state index contributed by atoms with van der Waals surface area (Å²) in [6, 6.07) is 0. The van der Waals surface area contributed by atoms with E-state index in [2.05, 4.69) is 27.3 Å². The zero-order valence-electron chi connectivity index (χ0n) is 13.1. The van der Waals surface area contributed by atoms with E-state index in [0.29, 0.717) is 0 Å². The summed E-state index contributed by atoms with van der Waals surface area (Å²) in [4.78, 5) is 0. The molecule has 0 heterocycles. The maximum Gasteiger partial charge on any atom is 0.144 e. The first-order chi connectivity index (χ1) is 8.74. The van der Waals surface area contributed by atoms with Gasteiger partial charge >= 0.3 is 0 Å². The van der Waals surface area contributed by atoms with Gasteiger partial charge in [-0.05, 0) is 26.7 Å². The predicted molar refractivity (Wildman–Crippen MR) is 83.0 cm³/mol. The smallest absolute Gasteiger partial charge is 0.144 e. The molecule has 0 amide bonds. The first-order valence-corrected chi connectivity index (χ1v) is 10.1. The first kappa shape index (κ1) is 18.1. The van der Waals surface area contributed by atoms with Gasteiger partial charge in [-0.15, -0.1) is 0 Å². The molecule has 0 radical (unpaired) electrons. The molecule has 0 N–H and O–H groups in total. The SMILES string of the molecule is CCCCCCCCCC(OCC)(OCC)[SiH2]C. The Morgan fingerprint density at radius 2 is 1.28 bits per heavy atom. The number of ether oxygens (including phenoxy) is 2. The third-order valence-electron chi connectivity index (χ3n) is 3.51. The van der Waals surface area contributed by atoms with E-state index < -0.39 is 0 Å². The summed E-state index contributed by atoms with van der Waals surface area (Å²) in [5.41, 5.74) is -0.174. The fourth-order valence-corrected chi connectivity index (χ4v) is 3.86. The van der Waals surface area contributed by atoms with E-state index in [-0.39, 0.29) is 14.9 Å². The second-order valence-electron chi connectivity index (χ2n) is 5.00. The van der Waals surface area contributed by atoms with Crippen molar-refractivity contribution in [3.05, 3.63) is 0 Å². The van der Waals surface area contributed by atoms with E-state index in [4.69, 9.17) is 9.47 Å². The van der Waals surface area contributed by atoms with Crippen molar-refractivity contribution in [2.45, 2.75) is 84.1 Å². The number of rotatable bonds is 13. The van der Waals surface area contributed by atoms with Crippen molar-refractivity contribution in [1.82, 2.24) is 0 Å². The Hall–Kier alpha value is 0.137. The Balaban J connectivity index is 3.75. The largest absolute Gasteiger partial charge is 0.355 e. The van der Waals surface area contributed by atoms with Crippen molar-refractivity contribution in [2.75, 3.05) is 13.2 Å². The average molecular weight is 275 g/mol. The van der Waals surface area contributed by atoms with Crippen molar-refractivity contribution in [3.8, 4) is 0 Å². The zero-order chi connectivity index (χ0) is 13.7. The van der Waals surface area contributed by atoms with Gasteiger partial charge in [0.15, 0.2) is 0 Å². The van der Waals surface area contributed by atoms with Crippen LogP contribution in [0.25, 0.3) is 0 Å². The monoisotopic (exact) mass is 274 g/mol. The third kappa shape index (κ3) is 8.28. The summed E-state index contributed by atoms with van der Waals surface area (Å²) in [6.07, 6.45) is 10.6. The zero-order valence-corrected chi connectivity index (χ0v) is 14.5. The Morgan fingerprint density at radius 3 is 1.72 bits per heavy atom. The molecule has 0 aromatic heterocycles. The molecule has 0 aliphatic rings.